The van der Waals surface area contributed by atoms with Crippen molar-refractivity contribution in [3.8, 4) is 0 Å². The summed E-state index contributed by atoms with van der Waals surface area (Å²) in [6, 6.07) is 7.64. The fraction of sp³-hybridized carbons (Fsp3) is 0.214. The fourth-order valence-electron chi connectivity index (χ4n) is 2.03. The Morgan fingerprint density at radius 3 is 2.35 bits per heavy atom. The third-order valence-corrected chi connectivity index (χ3v) is 4.17. The van der Waals surface area contributed by atoms with Crippen LogP contribution >= 0.6 is 0 Å². The topological polar surface area (TPSA) is 59.1 Å². The van der Waals surface area contributed by atoms with Gasteiger partial charge in [-0.25, -0.2) is 12.8 Å². The van der Waals surface area contributed by atoms with Crippen LogP contribution in [0.4, 0.5) is 4.39 Å². The molecular formula is C14H15FN2O2S. The molecule has 0 amide bonds. The second kappa shape index (κ2) is 5.68. The summed E-state index contributed by atoms with van der Waals surface area (Å²) in [5, 5.41) is 3.02. The summed E-state index contributed by atoms with van der Waals surface area (Å²) in [6.07, 6.45) is 3.83. The van der Waals surface area contributed by atoms with Crippen LogP contribution in [0.2, 0.25) is 0 Å². The maximum absolute atomic E-state index is 13.8. The molecule has 6 heteroatoms. The van der Waals surface area contributed by atoms with Crippen LogP contribution in [0.3, 0.4) is 0 Å². The average Bonchev–Trinajstić information content (AvgIpc) is 2.41. The number of benzene rings is 1. The number of nitrogens with zero attached hydrogens (tertiary/aromatic N) is 1. The smallest absolute Gasteiger partial charge is 0.175 e. The van der Waals surface area contributed by atoms with Crippen molar-refractivity contribution in [1.82, 2.24) is 10.3 Å². The molecule has 0 spiro atoms. The molecule has 2 aromatic rings. The highest BCUT2D eigenvalue weighted by Gasteiger charge is 2.16. The average molecular weight is 294 g/mol. The maximum Gasteiger partial charge on any atom is 0.175 e. The van der Waals surface area contributed by atoms with Gasteiger partial charge in [-0.1, -0.05) is 12.1 Å². The summed E-state index contributed by atoms with van der Waals surface area (Å²) in [5.41, 5.74) is 1.25. The molecule has 1 unspecified atom stereocenters. The van der Waals surface area contributed by atoms with Crippen molar-refractivity contribution >= 4 is 9.84 Å². The molecule has 1 aromatic carbocycles. The van der Waals surface area contributed by atoms with Gasteiger partial charge < -0.3 is 5.32 Å². The van der Waals surface area contributed by atoms with Crippen molar-refractivity contribution in [3.63, 3.8) is 0 Å². The molecule has 1 heterocycles. The Labute approximate surface area is 117 Å². The van der Waals surface area contributed by atoms with Crippen molar-refractivity contribution in [2.24, 2.45) is 0 Å². The highest BCUT2D eigenvalue weighted by molar-refractivity contribution is 7.90. The molecule has 0 fully saturated rings. The van der Waals surface area contributed by atoms with Crippen molar-refractivity contribution in [3.05, 3.63) is 59.7 Å². The van der Waals surface area contributed by atoms with Gasteiger partial charge in [0, 0.05) is 18.0 Å². The van der Waals surface area contributed by atoms with Gasteiger partial charge >= 0.3 is 0 Å². The molecule has 0 bridgehead atoms. The lowest BCUT2D eigenvalue weighted by Crippen LogP contribution is -2.19. The molecule has 4 nitrogen and oxygen atoms in total. The third-order valence-electron chi connectivity index (χ3n) is 3.05. The molecule has 1 N–H and O–H groups in total. The first-order valence-corrected chi connectivity index (χ1v) is 7.89. The van der Waals surface area contributed by atoms with Crippen LogP contribution in [0.25, 0.3) is 0 Å². The minimum Gasteiger partial charge on any atom is -0.309 e. The maximum atomic E-state index is 13.8. The highest BCUT2D eigenvalue weighted by Crippen LogP contribution is 2.24. The van der Waals surface area contributed by atoms with Gasteiger partial charge in [0.1, 0.15) is 5.82 Å². The highest BCUT2D eigenvalue weighted by atomic mass is 32.2. The number of aromatic nitrogens is 1. The van der Waals surface area contributed by atoms with Crippen LogP contribution in [-0.2, 0) is 9.84 Å². The van der Waals surface area contributed by atoms with E-state index in [1.165, 1.54) is 18.3 Å². The van der Waals surface area contributed by atoms with E-state index in [0.29, 0.717) is 5.56 Å². The first-order valence-electron chi connectivity index (χ1n) is 6.00. The number of hydrogen-bond acceptors (Lipinski definition) is 4. The van der Waals surface area contributed by atoms with Gasteiger partial charge in [0.05, 0.1) is 17.1 Å². The second-order valence-electron chi connectivity index (χ2n) is 4.46. The predicted molar refractivity (Wildman–Crippen MR) is 74.6 cm³/mol. The van der Waals surface area contributed by atoms with E-state index in [0.717, 1.165) is 18.0 Å². The molecule has 0 saturated carbocycles. The van der Waals surface area contributed by atoms with E-state index in [1.54, 1.807) is 25.2 Å². The van der Waals surface area contributed by atoms with Gasteiger partial charge in [-0.3, -0.25) is 4.98 Å². The molecule has 2 rings (SSSR count). The van der Waals surface area contributed by atoms with E-state index < -0.39 is 15.7 Å². The third kappa shape index (κ3) is 3.02. The van der Waals surface area contributed by atoms with E-state index in [9.17, 15) is 12.8 Å². The van der Waals surface area contributed by atoms with E-state index >= 15 is 0 Å². The molecule has 106 valence electrons. The van der Waals surface area contributed by atoms with Crippen LogP contribution in [0.15, 0.2) is 47.6 Å². The fourth-order valence-corrected chi connectivity index (χ4v) is 2.66. The summed E-state index contributed by atoms with van der Waals surface area (Å²) in [4.78, 5) is 3.96. The minimum atomic E-state index is -3.23. The molecule has 1 atom stereocenters. The van der Waals surface area contributed by atoms with Crippen LogP contribution in [-0.4, -0.2) is 26.7 Å². The number of sulfone groups is 1. The van der Waals surface area contributed by atoms with Gasteiger partial charge in [0.25, 0.3) is 0 Å². The van der Waals surface area contributed by atoms with Gasteiger partial charge in [-0.05, 0) is 30.8 Å². The van der Waals surface area contributed by atoms with E-state index in [-0.39, 0.29) is 10.9 Å². The normalized spacial score (nSPS) is 13.2. The lowest BCUT2D eigenvalue weighted by molar-refractivity contribution is 0.570. The number of nitrogens with one attached hydrogen (secondary N) is 1. The zero-order valence-electron chi connectivity index (χ0n) is 11.2. The van der Waals surface area contributed by atoms with Gasteiger partial charge in [-0.15, -0.1) is 0 Å². The summed E-state index contributed by atoms with van der Waals surface area (Å²) < 4.78 is 36.6. The Hall–Kier alpha value is -1.79. The van der Waals surface area contributed by atoms with Gasteiger partial charge in [0.2, 0.25) is 0 Å². The SMILES string of the molecule is CNC(c1ccc(S(C)(=O)=O)cc1)c1ccncc1F. The van der Waals surface area contributed by atoms with E-state index in [2.05, 4.69) is 10.3 Å². The Balaban J connectivity index is 2.41. The monoisotopic (exact) mass is 294 g/mol. The summed E-state index contributed by atoms with van der Waals surface area (Å²) in [5.74, 6) is -0.404. The number of hydrogen-bond donors (Lipinski definition) is 1. The molecule has 0 aliphatic rings. The minimum absolute atomic E-state index is 0.242. The lowest BCUT2D eigenvalue weighted by atomic mass is 9.99. The van der Waals surface area contributed by atoms with E-state index in [4.69, 9.17) is 0 Å². The van der Waals surface area contributed by atoms with Gasteiger partial charge in [-0.2, -0.15) is 0 Å². The van der Waals surface area contributed by atoms with Crippen LogP contribution in [0.5, 0.6) is 0 Å². The Kier molecular flexibility index (Phi) is 4.15. The van der Waals surface area contributed by atoms with Crippen molar-refractivity contribution < 1.29 is 12.8 Å². The Morgan fingerprint density at radius 1 is 1.20 bits per heavy atom. The number of pyridine rings is 1. The summed E-state index contributed by atoms with van der Waals surface area (Å²) in [6.45, 7) is 0. The quantitative estimate of drug-likeness (QED) is 0.936. The lowest BCUT2D eigenvalue weighted by Gasteiger charge is -2.17. The van der Waals surface area contributed by atoms with E-state index in [1.807, 2.05) is 0 Å². The predicted octanol–water partition coefficient (Wildman–Crippen LogP) is 1.93. The second-order valence-corrected chi connectivity index (χ2v) is 6.48. The molecule has 1 aromatic heterocycles. The zero-order valence-corrected chi connectivity index (χ0v) is 12.0. The van der Waals surface area contributed by atoms with Crippen molar-refractivity contribution in [2.75, 3.05) is 13.3 Å². The summed E-state index contributed by atoms with van der Waals surface area (Å²) >= 11 is 0. The summed E-state index contributed by atoms with van der Waals surface area (Å²) in [7, 11) is -1.51. The van der Waals surface area contributed by atoms with Crippen LogP contribution in [0, 0.1) is 5.82 Å². The van der Waals surface area contributed by atoms with Crippen LogP contribution < -0.4 is 5.32 Å². The standard InChI is InChI=1S/C14H15FN2O2S/c1-16-14(12-7-8-17-9-13(12)15)10-3-5-11(6-4-10)20(2,18)19/h3-9,14,16H,1-2H3. The molecule has 0 aliphatic carbocycles. The molecule has 0 aliphatic heterocycles. The molecular weight excluding hydrogens is 279 g/mol. The molecule has 0 saturated heterocycles. The molecule has 20 heavy (non-hydrogen) atoms. The Morgan fingerprint density at radius 2 is 1.85 bits per heavy atom. The first kappa shape index (κ1) is 14.6. The van der Waals surface area contributed by atoms with Crippen molar-refractivity contribution in [2.45, 2.75) is 10.9 Å². The number of rotatable bonds is 4. The molecule has 0 radical (unpaired) electrons. The van der Waals surface area contributed by atoms with Gasteiger partial charge in [0.15, 0.2) is 9.84 Å². The van der Waals surface area contributed by atoms with Crippen LogP contribution in [0.1, 0.15) is 17.2 Å². The largest absolute Gasteiger partial charge is 0.309 e. The number of halogens is 1. The first-order chi connectivity index (χ1) is 9.43. The Bertz CT molecular complexity index is 699. The zero-order chi connectivity index (χ0) is 14.8. The van der Waals surface area contributed by atoms with Crippen molar-refractivity contribution in [1.29, 1.82) is 0 Å².